The van der Waals surface area contributed by atoms with Crippen molar-refractivity contribution in [3.05, 3.63) is 133 Å². The van der Waals surface area contributed by atoms with Crippen molar-refractivity contribution >= 4 is 97.1 Å². The molecule has 46 heavy (non-hydrogen) atoms. The van der Waals surface area contributed by atoms with Crippen LogP contribution >= 0.6 is 11.3 Å². The predicted octanol–water partition coefficient (Wildman–Crippen LogP) is 12.0. The van der Waals surface area contributed by atoms with E-state index in [2.05, 4.69) is 114 Å². The molecule has 0 saturated heterocycles. The Kier molecular flexibility index (Phi) is 4.69. The van der Waals surface area contributed by atoms with Gasteiger partial charge in [-0.3, -0.25) is 0 Å². The first-order valence-corrected chi connectivity index (χ1v) is 16.2. The van der Waals surface area contributed by atoms with Gasteiger partial charge < -0.3 is 13.4 Å². The summed E-state index contributed by atoms with van der Waals surface area (Å²) in [4.78, 5) is 4.92. The molecule has 0 N–H and O–H groups in total. The van der Waals surface area contributed by atoms with Gasteiger partial charge in [0.1, 0.15) is 11.1 Å². The summed E-state index contributed by atoms with van der Waals surface area (Å²) in [5.74, 6) is 0.592. The van der Waals surface area contributed by atoms with Crippen LogP contribution < -0.4 is 0 Å². The third-order valence-electron chi connectivity index (χ3n) is 9.41. The highest BCUT2D eigenvalue weighted by Crippen LogP contribution is 2.46. The van der Waals surface area contributed by atoms with E-state index in [1.807, 2.05) is 35.6 Å². The lowest BCUT2D eigenvalue weighted by atomic mass is 10.00. The minimum atomic E-state index is 0.592. The highest BCUT2D eigenvalue weighted by Gasteiger charge is 2.24. The first-order valence-electron chi connectivity index (χ1n) is 15.4. The molecule has 0 bridgehead atoms. The molecule has 11 aromatic rings. The van der Waals surface area contributed by atoms with E-state index in [-0.39, 0.29) is 0 Å². The number of benzene rings is 7. The zero-order chi connectivity index (χ0) is 29.9. The smallest absolute Gasteiger partial charge is 0.228 e. The van der Waals surface area contributed by atoms with Crippen LogP contribution in [-0.4, -0.2) is 9.55 Å². The molecule has 0 fully saturated rings. The first-order chi connectivity index (χ1) is 22.8. The summed E-state index contributed by atoms with van der Waals surface area (Å²) in [5, 5.41) is 9.21. The SMILES string of the molecule is c1ccc2c(c1)cc(-c1nc3ccccc3o1)c1c3cccc(-n4c5ccccc5c5ccc6c7ccccc7sc6c54)c3oc21. The molecule has 4 heterocycles. The third-order valence-corrected chi connectivity index (χ3v) is 10.6. The summed E-state index contributed by atoms with van der Waals surface area (Å²) in [6, 6.07) is 47.0. The van der Waals surface area contributed by atoms with Crippen LogP contribution in [0.3, 0.4) is 0 Å². The summed E-state index contributed by atoms with van der Waals surface area (Å²) >= 11 is 1.86. The average molecular weight is 607 g/mol. The van der Waals surface area contributed by atoms with Gasteiger partial charge in [-0.2, -0.15) is 0 Å². The standard InChI is InChI=1S/C41H22N2O2S/c1-2-11-24-23(10-1)22-30(41-42-31-15-5-7-18-34(31)44-41)36-29-14-9-17-33(38(29)45-39(24)36)43-32-16-6-3-12-25(32)27-20-21-28-26-13-4-8-19-35(26)46-40(28)37(27)43/h1-22H. The number of furan rings is 1. The molecule has 5 heteroatoms. The van der Waals surface area contributed by atoms with E-state index in [1.54, 1.807) is 0 Å². The number of hydrogen-bond acceptors (Lipinski definition) is 4. The number of aromatic nitrogens is 2. The Bertz CT molecular complexity index is 3010. The van der Waals surface area contributed by atoms with Crippen molar-refractivity contribution in [2.24, 2.45) is 0 Å². The Morgan fingerprint density at radius 2 is 1.33 bits per heavy atom. The monoisotopic (exact) mass is 606 g/mol. The van der Waals surface area contributed by atoms with Crippen molar-refractivity contribution in [2.75, 3.05) is 0 Å². The van der Waals surface area contributed by atoms with Gasteiger partial charge >= 0.3 is 0 Å². The number of thiophene rings is 1. The number of hydrogen-bond donors (Lipinski definition) is 0. The van der Waals surface area contributed by atoms with Crippen LogP contribution in [0.1, 0.15) is 0 Å². The van der Waals surface area contributed by atoms with Crippen molar-refractivity contribution in [1.82, 2.24) is 9.55 Å². The molecule has 214 valence electrons. The highest BCUT2D eigenvalue weighted by molar-refractivity contribution is 7.26. The molecule has 0 aliphatic rings. The van der Waals surface area contributed by atoms with Crippen molar-refractivity contribution < 1.29 is 8.83 Å². The fourth-order valence-corrected chi connectivity index (χ4v) is 8.67. The normalized spacial score (nSPS) is 12.3. The Morgan fingerprint density at radius 1 is 0.565 bits per heavy atom. The molecule has 0 atom stereocenters. The summed E-state index contributed by atoms with van der Waals surface area (Å²) in [7, 11) is 0. The van der Waals surface area contributed by atoms with Gasteiger partial charge in [0.05, 0.1) is 21.4 Å². The summed E-state index contributed by atoms with van der Waals surface area (Å²) in [6.45, 7) is 0. The van der Waals surface area contributed by atoms with Gasteiger partial charge in [-0.1, -0.05) is 97.1 Å². The maximum absolute atomic E-state index is 7.04. The van der Waals surface area contributed by atoms with Gasteiger partial charge in [0, 0.05) is 48.0 Å². The molecule has 7 aromatic carbocycles. The largest absolute Gasteiger partial charge is 0.453 e. The number of para-hydroxylation sites is 4. The maximum Gasteiger partial charge on any atom is 0.228 e. The fourth-order valence-electron chi connectivity index (χ4n) is 7.43. The Morgan fingerprint density at radius 3 is 2.26 bits per heavy atom. The van der Waals surface area contributed by atoms with E-state index in [0.29, 0.717) is 5.89 Å². The van der Waals surface area contributed by atoms with Crippen molar-refractivity contribution in [3.8, 4) is 17.1 Å². The van der Waals surface area contributed by atoms with Crippen molar-refractivity contribution in [2.45, 2.75) is 0 Å². The maximum atomic E-state index is 7.04. The van der Waals surface area contributed by atoms with E-state index >= 15 is 0 Å². The summed E-state index contributed by atoms with van der Waals surface area (Å²) in [6.07, 6.45) is 0. The van der Waals surface area contributed by atoms with E-state index < -0.39 is 0 Å². The molecule has 0 spiro atoms. The molecule has 11 rings (SSSR count). The predicted molar refractivity (Wildman–Crippen MR) is 191 cm³/mol. The van der Waals surface area contributed by atoms with Crippen molar-refractivity contribution in [3.63, 3.8) is 0 Å². The van der Waals surface area contributed by atoms with Crippen molar-refractivity contribution in [1.29, 1.82) is 0 Å². The number of fused-ring (bicyclic) bond motifs is 13. The molecule has 0 aliphatic carbocycles. The van der Waals surface area contributed by atoms with Gasteiger partial charge in [0.15, 0.2) is 11.2 Å². The van der Waals surface area contributed by atoms with E-state index in [9.17, 15) is 0 Å². The molecule has 0 unspecified atom stereocenters. The lowest BCUT2D eigenvalue weighted by Crippen LogP contribution is -1.94. The van der Waals surface area contributed by atoms with Crippen LogP contribution in [0.5, 0.6) is 0 Å². The van der Waals surface area contributed by atoms with Crippen LogP contribution in [0.15, 0.2) is 142 Å². The zero-order valence-corrected chi connectivity index (χ0v) is 25.1. The highest BCUT2D eigenvalue weighted by atomic mass is 32.1. The molecule has 0 aliphatic heterocycles. The number of nitrogens with zero attached hydrogens (tertiary/aromatic N) is 2. The number of oxazole rings is 1. The Hall–Kier alpha value is -5.91. The summed E-state index contributed by atoms with van der Waals surface area (Å²) in [5.41, 5.74) is 7.58. The van der Waals surface area contributed by atoms with Crippen LogP contribution in [-0.2, 0) is 0 Å². The molecule has 4 nitrogen and oxygen atoms in total. The van der Waals surface area contributed by atoms with Crippen LogP contribution in [0, 0.1) is 0 Å². The lowest BCUT2D eigenvalue weighted by molar-refractivity contribution is 0.620. The second-order valence-electron chi connectivity index (χ2n) is 11.9. The lowest BCUT2D eigenvalue weighted by Gasteiger charge is -2.09. The topological polar surface area (TPSA) is 44.1 Å². The van der Waals surface area contributed by atoms with Gasteiger partial charge in [-0.15, -0.1) is 11.3 Å². The van der Waals surface area contributed by atoms with Crippen LogP contribution in [0.2, 0.25) is 0 Å². The fraction of sp³-hybridized carbons (Fsp3) is 0. The third kappa shape index (κ3) is 3.14. The van der Waals surface area contributed by atoms with Gasteiger partial charge in [0.25, 0.3) is 0 Å². The minimum absolute atomic E-state index is 0.592. The average Bonchev–Trinajstić information content (AvgIpc) is 3.88. The Labute approximate surface area is 265 Å². The first kappa shape index (κ1) is 24.4. The molecule has 0 saturated carbocycles. The van der Waals surface area contributed by atoms with E-state index in [0.717, 1.165) is 60.6 Å². The molecular formula is C41H22N2O2S. The molecule has 4 aromatic heterocycles. The summed E-state index contributed by atoms with van der Waals surface area (Å²) < 4.78 is 18.4. The van der Waals surface area contributed by atoms with E-state index in [4.69, 9.17) is 13.8 Å². The second-order valence-corrected chi connectivity index (χ2v) is 12.9. The van der Waals surface area contributed by atoms with Crippen LogP contribution in [0.25, 0.3) is 103 Å². The quantitative estimate of drug-likeness (QED) is 0.197. The van der Waals surface area contributed by atoms with Crippen LogP contribution in [0.4, 0.5) is 0 Å². The molecular weight excluding hydrogens is 585 g/mol. The Balaban J connectivity index is 1.31. The molecule has 0 radical (unpaired) electrons. The van der Waals surface area contributed by atoms with Gasteiger partial charge in [-0.05, 0) is 41.8 Å². The second kappa shape index (κ2) is 8.84. The van der Waals surface area contributed by atoms with Gasteiger partial charge in [0.2, 0.25) is 5.89 Å². The minimum Gasteiger partial charge on any atom is -0.453 e. The zero-order valence-electron chi connectivity index (χ0n) is 24.3. The number of rotatable bonds is 2. The molecule has 0 amide bonds. The van der Waals surface area contributed by atoms with E-state index in [1.165, 1.54) is 36.5 Å². The van der Waals surface area contributed by atoms with Gasteiger partial charge in [-0.25, -0.2) is 4.98 Å².